The lowest BCUT2D eigenvalue weighted by Crippen LogP contribution is -2.49. The van der Waals surface area contributed by atoms with Gasteiger partial charge in [0, 0.05) is 43.5 Å². The molecule has 0 radical (unpaired) electrons. The van der Waals surface area contributed by atoms with Gasteiger partial charge in [0.05, 0.1) is 0 Å². The second-order valence-corrected chi connectivity index (χ2v) is 5.62. The fourth-order valence-electron chi connectivity index (χ4n) is 2.65. The molecule has 1 saturated heterocycles. The summed E-state index contributed by atoms with van der Waals surface area (Å²) in [7, 11) is 0. The van der Waals surface area contributed by atoms with E-state index < -0.39 is 11.6 Å². The fourth-order valence-corrected chi connectivity index (χ4v) is 2.65. The highest BCUT2D eigenvalue weighted by Gasteiger charge is 2.24. The average Bonchev–Trinajstić information content (AvgIpc) is 2.56. The number of aromatic nitrogens is 2. The number of hydrogen-bond acceptors (Lipinski definition) is 4. The van der Waals surface area contributed by atoms with Crippen LogP contribution >= 0.6 is 0 Å². The minimum atomic E-state index is -1.04. The second-order valence-electron chi connectivity index (χ2n) is 5.62. The van der Waals surface area contributed by atoms with Crippen molar-refractivity contribution < 1.29 is 13.6 Å². The lowest BCUT2D eigenvalue weighted by molar-refractivity contribution is 0.0745. The van der Waals surface area contributed by atoms with Gasteiger partial charge in [-0.3, -0.25) is 14.6 Å². The summed E-state index contributed by atoms with van der Waals surface area (Å²) in [5.41, 5.74) is 0.510. The van der Waals surface area contributed by atoms with Gasteiger partial charge in [-0.05, 0) is 25.1 Å². The van der Waals surface area contributed by atoms with Crippen molar-refractivity contribution in [3.63, 3.8) is 0 Å². The Labute approximate surface area is 136 Å². The lowest BCUT2D eigenvalue weighted by Gasteiger charge is -2.35. The third-order valence-electron chi connectivity index (χ3n) is 3.89. The monoisotopic (exact) mass is 334 g/mol. The van der Waals surface area contributed by atoms with Gasteiger partial charge in [-0.25, -0.2) is 13.8 Å². The Morgan fingerprint density at radius 2 is 1.83 bits per heavy atom. The van der Waals surface area contributed by atoms with Crippen molar-refractivity contribution in [2.45, 2.75) is 6.92 Å². The number of aromatic amines is 1. The zero-order valence-electron chi connectivity index (χ0n) is 13.1. The van der Waals surface area contributed by atoms with E-state index in [4.69, 9.17) is 0 Å². The topological polar surface area (TPSA) is 69.3 Å². The molecule has 3 rings (SSSR count). The number of anilines is 1. The fraction of sp³-hybridized carbons (Fsp3) is 0.312. The Morgan fingerprint density at radius 1 is 1.12 bits per heavy atom. The van der Waals surface area contributed by atoms with Crippen LogP contribution in [0.5, 0.6) is 0 Å². The highest BCUT2D eigenvalue weighted by molar-refractivity contribution is 5.94. The van der Waals surface area contributed by atoms with Crippen LogP contribution < -0.4 is 10.5 Å². The quantitative estimate of drug-likeness (QED) is 0.899. The van der Waals surface area contributed by atoms with E-state index in [0.29, 0.717) is 37.8 Å². The molecule has 0 atom stereocenters. The summed E-state index contributed by atoms with van der Waals surface area (Å²) < 4.78 is 26.2. The zero-order valence-corrected chi connectivity index (χ0v) is 13.1. The van der Waals surface area contributed by atoms with Crippen LogP contribution in [0.3, 0.4) is 0 Å². The first-order valence-electron chi connectivity index (χ1n) is 7.51. The lowest BCUT2D eigenvalue weighted by atomic mass is 10.1. The van der Waals surface area contributed by atoms with Crippen molar-refractivity contribution in [3.05, 3.63) is 57.5 Å². The zero-order chi connectivity index (χ0) is 17.3. The van der Waals surface area contributed by atoms with Gasteiger partial charge in [0.1, 0.15) is 0 Å². The van der Waals surface area contributed by atoms with Gasteiger partial charge in [0.25, 0.3) is 11.5 Å². The molecule has 1 N–H and O–H groups in total. The summed E-state index contributed by atoms with van der Waals surface area (Å²) >= 11 is 0. The van der Waals surface area contributed by atoms with Crippen LogP contribution in [0.25, 0.3) is 0 Å². The third-order valence-corrected chi connectivity index (χ3v) is 3.89. The van der Waals surface area contributed by atoms with E-state index in [1.807, 2.05) is 4.90 Å². The molecule has 24 heavy (non-hydrogen) atoms. The van der Waals surface area contributed by atoms with Crippen LogP contribution in [0.4, 0.5) is 14.7 Å². The number of piperazine rings is 1. The molecule has 8 heteroatoms. The van der Waals surface area contributed by atoms with E-state index in [1.165, 1.54) is 12.1 Å². The second kappa shape index (κ2) is 6.38. The molecule has 0 unspecified atom stereocenters. The molecule has 0 bridgehead atoms. The molecule has 1 aliphatic heterocycles. The third kappa shape index (κ3) is 3.27. The number of amides is 1. The first-order valence-corrected chi connectivity index (χ1v) is 7.51. The summed E-state index contributed by atoms with van der Waals surface area (Å²) in [5.74, 6) is -1.90. The number of carbonyl (C=O) groups is 1. The van der Waals surface area contributed by atoms with Gasteiger partial charge in [0.15, 0.2) is 11.6 Å². The maximum Gasteiger partial charge on any atom is 0.254 e. The maximum atomic E-state index is 13.3. The molecule has 0 saturated carbocycles. The first kappa shape index (κ1) is 16.1. The van der Waals surface area contributed by atoms with E-state index in [1.54, 1.807) is 11.8 Å². The van der Waals surface area contributed by atoms with E-state index in [2.05, 4.69) is 9.97 Å². The molecule has 1 aliphatic rings. The number of H-pyrrole nitrogens is 1. The SMILES string of the molecule is Cc1cc(=O)[nH]c(N2CCN(C(=O)c3ccc(F)c(F)c3)CC2)n1. The number of benzene rings is 1. The van der Waals surface area contributed by atoms with Gasteiger partial charge in [-0.15, -0.1) is 0 Å². The molecule has 0 aliphatic carbocycles. The average molecular weight is 334 g/mol. The molecule has 2 aromatic rings. The molecule has 2 heterocycles. The summed E-state index contributed by atoms with van der Waals surface area (Å²) in [6.45, 7) is 3.51. The number of aryl methyl sites for hydroxylation is 1. The largest absolute Gasteiger partial charge is 0.339 e. The van der Waals surface area contributed by atoms with Crippen LogP contribution in [0.2, 0.25) is 0 Å². The van der Waals surface area contributed by atoms with Gasteiger partial charge >= 0.3 is 0 Å². The Morgan fingerprint density at radius 3 is 2.46 bits per heavy atom. The van der Waals surface area contributed by atoms with Gasteiger partial charge in [0.2, 0.25) is 5.95 Å². The van der Waals surface area contributed by atoms with E-state index in [0.717, 1.165) is 12.1 Å². The highest BCUT2D eigenvalue weighted by Crippen LogP contribution is 2.14. The molecule has 1 aromatic heterocycles. The number of carbonyl (C=O) groups excluding carboxylic acids is 1. The van der Waals surface area contributed by atoms with Crippen molar-refractivity contribution in [3.8, 4) is 0 Å². The molecule has 126 valence electrons. The van der Waals surface area contributed by atoms with Crippen LogP contribution in [0.15, 0.2) is 29.1 Å². The van der Waals surface area contributed by atoms with Gasteiger partial charge < -0.3 is 9.80 Å². The van der Waals surface area contributed by atoms with Crippen molar-refractivity contribution in [2.75, 3.05) is 31.1 Å². The van der Waals surface area contributed by atoms with E-state index in [9.17, 15) is 18.4 Å². The van der Waals surface area contributed by atoms with Crippen molar-refractivity contribution in [2.24, 2.45) is 0 Å². The van der Waals surface area contributed by atoms with Gasteiger partial charge in [-0.1, -0.05) is 0 Å². The van der Waals surface area contributed by atoms with Crippen molar-refractivity contribution >= 4 is 11.9 Å². The van der Waals surface area contributed by atoms with Crippen LogP contribution in [0, 0.1) is 18.6 Å². The molecule has 6 nitrogen and oxygen atoms in total. The first-order chi connectivity index (χ1) is 11.4. The predicted molar refractivity (Wildman–Crippen MR) is 84.1 cm³/mol. The predicted octanol–water partition coefficient (Wildman–Crippen LogP) is 1.32. The summed E-state index contributed by atoms with van der Waals surface area (Å²) in [6.07, 6.45) is 0. The number of nitrogens with zero attached hydrogens (tertiary/aromatic N) is 3. The van der Waals surface area contributed by atoms with Crippen molar-refractivity contribution in [1.82, 2.24) is 14.9 Å². The highest BCUT2D eigenvalue weighted by atomic mass is 19.2. The molecule has 1 fully saturated rings. The summed E-state index contributed by atoms with van der Waals surface area (Å²) in [5, 5.41) is 0. The van der Waals surface area contributed by atoms with Crippen LogP contribution in [-0.4, -0.2) is 47.0 Å². The minimum Gasteiger partial charge on any atom is -0.339 e. The van der Waals surface area contributed by atoms with Crippen LogP contribution in [0.1, 0.15) is 16.1 Å². The Balaban J connectivity index is 1.69. The summed E-state index contributed by atoms with van der Waals surface area (Å²) in [4.78, 5) is 34.3. The molecule has 1 amide bonds. The normalized spacial score (nSPS) is 14.8. The van der Waals surface area contributed by atoms with E-state index in [-0.39, 0.29) is 17.0 Å². The van der Waals surface area contributed by atoms with Crippen molar-refractivity contribution in [1.29, 1.82) is 0 Å². The van der Waals surface area contributed by atoms with Crippen LogP contribution in [-0.2, 0) is 0 Å². The molecule has 1 aromatic carbocycles. The Hall–Kier alpha value is -2.77. The number of rotatable bonds is 2. The van der Waals surface area contributed by atoms with E-state index >= 15 is 0 Å². The number of hydrogen-bond donors (Lipinski definition) is 1. The number of nitrogens with one attached hydrogen (secondary N) is 1. The maximum absolute atomic E-state index is 13.3. The number of halogens is 2. The molecular formula is C16H16F2N4O2. The Bertz CT molecular complexity index is 829. The van der Waals surface area contributed by atoms with Gasteiger partial charge in [-0.2, -0.15) is 0 Å². The standard InChI is InChI=1S/C16H16F2N4O2/c1-10-8-14(23)20-16(19-10)22-6-4-21(5-7-22)15(24)11-2-3-12(17)13(18)9-11/h2-3,8-9H,4-7H2,1H3,(H,19,20,23). The summed E-state index contributed by atoms with van der Waals surface area (Å²) in [6, 6.07) is 4.53. The Kier molecular flexibility index (Phi) is 4.28. The minimum absolute atomic E-state index is 0.115. The smallest absolute Gasteiger partial charge is 0.254 e. The molecular weight excluding hydrogens is 318 g/mol. The molecule has 0 spiro atoms.